The zero-order valence-corrected chi connectivity index (χ0v) is 11.5. The SMILES string of the molecule is Cc1cccc(/C=N/Nc2nc(Cl)nc3[nH]ccc23)c1. The van der Waals surface area contributed by atoms with E-state index in [9.17, 15) is 0 Å². The fourth-order valence-corrected chi connectivity index (χ4v) is 2.09. The van der Waals surface area contributed by atoms with Gasteiger partial charge in [-0.1, -0.05) is 29.8 Å². The maximum absolute atomic E-state index is 5.86. The summed E-state index contributed by atoms with van der Waals surface area (Å²) in [7, 11) is 0. The zero-order chi connectivity index (χ0) is 13.9. The van der Waals surface area contributed by atoms with E-state index in [0.717, 1.165) is 10.9 Å². The van der Waals surface area contributed by atoms with Crippen molar-refractivity contribution in [1.29, 1.82) is 0 Å². The number of benzene rings is 1. The molecule has 1 aromatic carbocycles. The Balaban J connectivity index is 1.85. The zero-order valence-electron chi connectivity index (χ0n) is 10.8. The normalized spacial score (nSPS) is 11.3. The lowest BCUT2D eigenvalue weighted by atomic mass is 10.2. The van der Waals surface area contributed by atoms with E-state index in [1.165, 1.54) is 5.56 Å². The number of nitrogens with zero attached hydrogens (tertiary/aromatic N) is 3. The van der Waals surface area contributed by atoms with E-state index in [0.29, 0.717) is 11.5 Å². The molecule has 0 aliphatic heterocycles. The van der Waals surface area contributed by atoms with Crippen molar-refractivity contribution in [1.82, 2.24) is 15.0 Å². The summed E-state index contributed by atoms with van der Waals surface area (Å²) in [5.74, 6) is 0.574. The highest BCUT2D eigenvalue weighted by Crippen LogP contribution is 2.20. The van der Waals surface area contributed by atoms with Crippen LogP contribution < -0.4 is 5.43 Å². The van der Waals surface area contributed by atoms with Crippen molar-refractivity contribution in [3.05, 3.63) is 52.9 Å². The summed E-state index contributed by atoms with van der Waals surface area (Å²) in [6.45, 7) is 2.04. The van der Waals surface area contributed by atoms with Gasteiger partial charge in [0.25, 0.3) is 0 Å². The highest BCUT2D eigenvalue weighted by Gasteiger charge is 2.06. The quantitative estimate of drug-likeness (QED) is 0.440. The first-order valence-electron chi connectivity index (χ1n) is 6.09. The molecule has 0 aliphatic rings. The average molecular weight is 286 g/mol. The van der Waals surface area contributed by atoms with Crippen molar-refractivity contribution < 1.29 is 0 Å². The van der Waals surface area contributed by atoms with Gasteiger partial charge in [0.15, 0.2) is 5.82 Å². The van der Waals surface area contributed by atoms with E-state index in [-0.39, 0.29) is 5.28 Å². The summed E-state index contributed by atoms with van der Waals surface area (Å²) in [6.07, 6.45) is 3.52. The summed E-state index contributed by atoms with van der Waals surface area (Å²) in [5, 5.41) is 5.20. The van der Waals surface area contributed by atoms with Gasteiger partial charge in [-0.15, -0.1) is 0 Å². The van der Waals surface area contributed by atoms with E-state index in [1.807, 2.05) is 37.3 Å². The molecule has 0 spiro atoms. The Hall–Kier alpha value is -2.40. The second kappa shape index (κ2) is 5.30. The molecule has 6 heteroatoms. The van der Waals surface area contributed by atoms with Crippen LogP contribution in [0.5, 0.6) is 0 Å². The largest absolute Gasteiger partial charge is 0.346 e. The first kappa shape index (κ1) is 12.6. The van der Waals surface area contributed by atoms with Gasteiger partial charge >= 0.3 is 0 Å². The lowest BCUT2D eigenvalue weighted by Gasteiger charge is -2.01. The fourth-order valence-electron chi connectivity index (χ4n) is 1.92. The van der Waals surface area contributed by atoms with E-state index in [1.54, 1.807) is 12.4 Å². The Labute approximate surface area is 120 Å². The second-order valence-electron chi connectivity index (χ2n) is 4.37. The first-order valence-corrected chi connectivity index (χ1v) is 6.46. The molecule has 2 heterocycles. The molecule has 0 unspecified atom stereocenters. The number of fused-ring (bicyclic) bond motifs is 1. The number of aromatic nitrogens is 3. The third kappa shape index (κ3) is 2.62. The van der Waals surface area contributed by atoms with Crippen LogP contribution in [0.3, 0.4) is 0 Å². The van der Waals surface area contributed by atoms with Crippen LogP contribution in [-0.2, 0) is 0 Å². The number of H-pyrrole nitrogens is 1. The van der Waals surface area contributed by atoms with Gasteiger partial charge in [0.1, 0.15) is 5.65 Å². The number of aryl methyl sites for hydroxylation is 1. The van der Waals surface area contributed by atoms with Crippen molar-refractivity contribution in [2.45, 2.75) is 6.92 Å². The summed E-state index contributed by atoms with van der Waals surface area (Å²) >= 11 is 5.86. The van der Waals surface area contributed by atoms with Crippen LogP contribution >= 0.6 is 11.6 Å². The molecule has 5 nitrogen and oxygen atoms in total. The molecule has 0 bridgehead atoms. The van der Waals surface area contributed by atoms with Crippen molar-refractivity contribution in [2.75, 3.05) is 5.43 Å². The van der Waals surface area contributed by atoms with Crippen LogP contribution in [0.15, 0.2) is 41.6 Å². The molecule has 0 saturated heterocycles. The number of hydrogen-bond donors (Lipinski definition) is 2. The number of hydrogen-bond acceptors (Lipinski definition) is 4. The van der Waals surface area contributed by atoms with Crippen LogP contribution in [0.25, 0.3) is 11.0 Å². The van der Waals surface area contributed by atoms with Crippen LogP contribution in [0.1, 0.15) is 11.1 Å². The molecule has 2 N–H and O–H groups in total. The monoisotopic (exact) mass is 285 g/mol. The molecule has 0 radical (unpaired) electrons. The minimum atomic E-state index is 0.174. The van der Waals surface area contributed by atoms with Crippen molar-refractivity contribution in [2.24, 2.45) is 5.10 Å². The van der Waals surface area contributed by atoms with Gasteiger partial charge in [-0.05, 0) is 30.2 Å². The van der Waals surface area contributed by atoms with E-state index >= 15 is 0 Å². The van der Waals surface area contributed by atoms with Crippen LogP contribution in [0.2, 0.25) is 5.28 Å². The number of anilines is 1. The van der Waals surface area contributed by atoms with Crippen molar-refractivity contribution >= 4 is 34.7 Å². The van der Waals surface area contributed by atoms with Crippen molar-refractivity contribution in [3.8, 4) is 0 Å². The van der Waals surface area contributed by atoms with Gasteiger partial charge in [-0.3, -0.25) is 5.43 Å². The number of halogens is 1. The topological polar surface area (TPSA) is 66.0 Å². The molecule has 0 amide bonds. The maximum atomic E-state index is 5.86. The second-order valence-corrected chi connectivity index (χ2v) is 4.70. The summed E-state index contributed by atoms with van der Waals surface area (Å²) < 4.78 is 0. The smallest absolute Gasteiger partial charge is 0.226 e. The molecule has 0 aliphatic carbocycles. The number of nitrogens with one attached hydrogen (secondary N) is 2. The summed E-state index contributed by atoms with van der Waals surface area (Å²) in [6, 6.07) is 9.93. The van der Waals surface area contributed by atoms with Crippen LogP contribution in [0, 0.1) is 6.92 Å². The Morgan fingerprint density at radius 3 is 3.05 bits per heavy atom. The molecule has 3 aromatic rings. The third-order valence-corrected chi connectivity index (χ3v) is 2.98. The molecule has 0 saturated carbocycles. The summed E-state index contributed by atoms with van der Waals surface area (Å²) in [4.78, 5) is 11.2. The number of rotatable bonds is 3. The molecule has 2 aromatic heterocycles. The summed E-state index contributed by atoms with van der Waals surface area (Å²) in [5.41, 5.74) is 5.78. The van der Waals surface area contributed by atoms with E-state index in [4.69, 9.17) is 11.6 Å². The highest BCUT2D eigenvalue weighted by atomic mass is 35.5. The molecule has 0 fully saturated rings. The fraction of sp³-hybridized carbons (Fsp3) is 0.0714. The Morgan fingerprint density at radius 2 is 2.20 bits per heavy atom. The lowest BCUT2D eigenvalue weighted by Crippen LogP contribution is -1.96. The van der Waals surface area contributed by atoms with Crippen molar-refractivity contribution in [3.63, 3.8) is 0 Å². The maximum Gasteiger partial charge on any atom is 0.226 e. The highest BCUT2D eigenvalue weighted by molar-refractivity contribution is 6.28. The van der Waals surface area contributed by atoms with Gasteiger partial charge in [0, 0.05) is 6.20 Å². The van der Waals surface area contributed by atoms with Crippen LogP contribution in [0.4, 0.5) is 5.82 Å². The van der Waals surface area contributed by atoms with Gasteiger partial charge in [-0.2, -0.15) is 15.1 Å². The van der Waals surface area contributed by atoms with E-state index in [2.05, 4.69) is 25.5 Å². The van der Waals surface area contributed by atoms with E-state index < -0.39 is 0 Å². The minimum absolute atomic E-state index is 0.174. The standard InChI is InChI=1S/C14H12ClN5/c1-9-3-2-4-10(7-9)8-17-20-13-11-5-6-16-12(11)18-14(15)19-13/h2-8H,1H3,(H2,16,18,19,20)/b17-8+. The molecular weight excluding hydrogens is 274 g/mol. The Bertz CT molecular complexity index is 778. The van der Waals surface area contributed by atoms with Gasteiger partial charge in [-0.25, -0.2) is 0 Å². The molecule has 20 heavy (non-hydrogen) atoms. The average Bonchev–Trinajstić information content (AvgIpc) is 2.87. The molecule has 0 atom stereocenters. The Morgan fingerprint density at radius 1 is 1.30 bits per heavy atom. The molecule has 100 valence electrons. The Kier molecular flexibility index (Phi) is 3.35. The van der Waals surface area contributed by atoms with Gasteiger partial charge in [0.05, 0.1) is 11.6 Å². The molecule has 3 rings (SSSR count). The van der Waals surface area contributed by atoms with Gasteiger partial charge < -0.3 is 4.98 Å². The minimum Gasteiger partial charge on any atom is -0.346 e. The molecular formula is C14H12ClN5. The third-order valence-electron chi connectivity index (χ3n) is 2.81. The predicted octanol–water partition coefficient (Wildman–Crippen LogP) is 3.37. The first-order chi connectivity index (χ1) is 9.72. The van der Waals surface area contributed by atoms with Crippen LogP contribution in [-0.4, -0.2) is 21.2 Å². The number of aromatic amines is 1. The predicted molar refractivity (Wildman–Crippen MR) is 81.3 cm³/mol. The number of hydrazone groups is 1. The van der Waals surface area contributed by atoms with Gasteiger partial charge in [0.2, 0.25) is 5.28 Å². The lowest BCUT2D eigenvalue weighted by molar-refractivity contribution is 1.17.